The zero-order valence-electron chi connectivity index (χ0n) is 16.1. The molecule has 10 heteroatoms. The predicted octanol–water partition coefficient (Wildman–Crippen LogP) is 1.69. The number of anilines is 1. The van der Waals surface area contributed by atoms with Gasteiger partial charge in [0.1, 0.15) is 0 Å². The standard InChI is InChI=1S/C18H23N3O6S/c1-24-13-6-5-11(7-14(13)25-2)17(23)21-18-20-12(10-28-18)8-15(22)19-9-16(26-3)27-4/h5-7,10,16H,8-9H2,1-4H3,(H,19,22)(H,20,21,23). The van der Waals surface area contributed by atoms with Crippen molar-refractivity contribution in [2.24, 2.45) is 0 Å². The Morgan fingerprint density at radius 3 is 2.46 bits per heavy atom. The number of nitrogens with one attached hydrogen (secondary N) is 2. The predicted molar refractivity (Wildman–Crippen MR) is 104 cm³/mol. The number of carbonyl (C=O) groups is 2. The number of nitrogens with zero attached hydrogens (tertiary/aromatic N) is 1. The van der Waals surface area contributed by atoms with Gasteiger partial charge in [0, 0.05) is 25.2 Å². The van der Waals surface area contributed by atoms with Gasteiger partial charge < -0.3 is 24.3 Å². The van der Waals surface area contributed by atoms with Gasteiger partial charge in [-0.25, -0.2) is 4.98 Å². The van der Waals surface area contributed by atoms with Crippen molar-refractivity contribution in [3.05, 3.63) is 34.8 Å². The second-order valence-electron chi connectivity index (χ2n) is 5.55. The maximum atomic E-state index is 12.4. The minimum absolute atomic E-state index is 0.0862. The Morgan fingerprint density at radius 1 is 1.11 bits per heavy atom. The molecular weight excluding hydrogens is 386 g/mol. The van der Waals surface area contributed by atoms with Crippen molar-refractivity contribution in [2.75, 3.05) is 40.3 Å². The summed E-state index contributed by atoms with van der Waals surface area (Å²) in [7, 11) is 6.01. The molecule has 0 saturated heterocycles. The molecule has 0 spiro atoms. The first-order chi connectivity index (χ1) is 13.5. The molecule has 2 amide bonds. The number of ether oxygens (including phenoxy) is 4. The number of methoxy groups -OCH3 is 4. The molecule has 0 aliphatic heterocycles. The molecule has 0 bridgehead atoms. The molecule has 0 aliphatic carbocycles. The lowest BCUT2D eigenvalue weighted by atomic mass is 10.2. The van der Waals surface area contributed by atoms with Gasteiger partial charge >= 0.3 is 0 Å². The lowest BCUT2D eigenvalue weighted by Gasteiger charge is -2.13. The largest absolute Gasteiger partial charge is 0.493 e. The number of thiazole rings is 1. The van der Waals surface area contributed by atoms with E-state index in [1.807, 2.05) is 0 Å². The minimum Gasteiger partial charge on any atom is -0.493 e. The van der Waals surface area contributed by atoms with Crippen molar-refractivity contribution in [2.45, 2.75) is 12.7 Å². The van der Waals surface area contributed by atoms with E-state index < -0.39 is 6.29 Å². The van der Waals surface area contributed by atoms with Crippen molar-refractivity contribution in [1.82, 2.24) is 10.3 Å². The Morgan fingerprint density at radius 2 is 1.82 bits per heavy atom. The highest BCUT2D eigenvalue weighted by atomic mass is 32.1. The highest BCUT2D eigenvalue weighted by Gasteiger charge is 2.14. The van der Waals surface area contributed by atoms with Gasteiger partial charge in [0.25, 0.3) is 5.91 Å². The number of carbonyl (C=O) groups excluding carboxylic acids is 2. The van der Waals surface area contributed by atoms with Crippen LogP contribution in [-0.4, -0.2) is 58.1 Å². The van der Waals surface area contributed by atoms with Gasteiger partial charge in [0.05, 0.1) is 32.9 Å². The van der Waals surface area contributed by atoms with Gasteiger partial charge in [-0.15, -0.1) is 11.3 Å². The van der Waals surface area contributed by atoms with E-state index in [0.29, 0.717) is 27.9 Å². The summed E-state index contributed by atoms with van der Waals surface area (Å²) in [6, 6.07) is 4.86. The summed E-state index contributed by atoms with van der Waals surface area (Å²) in [5.41, 5.74) is 0.953. The highest BCUT2D eigenvalue weighted by Crippen LogP contribution is 2.28. The van der Waals surface area contributed by atoms with E-state index in [1.54, 1.807) is 23.6 Å². The van der Waals surface area contributed by atoms with Crippen molar-refractivity contribution in [3.63, 3.8) is 0 Å². The highest BCUT2D eigenvalue weighted by molar-refractivity contribution is 7.14. The summed E-state index contributed by atoms with van der Waals surface area (Å²) in [6.07, 6.45) is -0.418. The van der Waals surface area contributed by atoms with Gasteiger partial charge in [-0.05, 0) is 18.2 Å². The molecule has 0 aliphatic rings. The van der Waals surface area contributed by atoms with Crippen molar-refractivity contribution >= 4 is 28.3 Å². The van der Waals surface area contributed by atoms with E-state index in [4.69, 9.17) is 18.9 Å². The van der Waals surface area contributed by atoms with Gasteiger partial charge in [-0.3, -0.25) is 14.9 Å². The van der Waals surface area contributed by atoms with Crippen LogP contribution in [0.15, 0.2) is 23.6 Å². The minimum atomic E-state index is -0.504. The molecule has 0 atom stereocenters. The van der Waals surface area contributed by atoms with Crippen LogP contribution in [0.25, 0.3) is 0 Å². The lowest BCUT2D eigenvalue weighted by molar-refractivity contribution is -0.126. The van der Waals surface area contributed by atoms with E-state index in [0.717, 1.165) is 0 Å². The zero-order valence-corrected chi connectivity index (χ0v) is 16.9. The van der Waals surface area contributed by atoms with Crippen LogP contribution in [0.4, 0.5) is 5.13 Å². The molecule has 0 radical (unpaired) electrons. The Hall–Kier alpha value is -2.69. The third-order valence-corrected chi connectivity index (χ3v) is 4.56. The molecule has 1 aromatic heterocycles. The summed E-state index contributed by atoms with van der Waals surface area (Å²) >= 11 is 1.24. The number of aromatic nitrogens is 1. The SMILES string of the molecule is COc1ccc(C(=O)Nc2nc(CC(=O)NCC(OC)OC)cs2)cc1OC. The summed E-state index contributed by atoms with van der Waals surface area (Å²) in [5.74, 6) is 0.430. The average molecular weight is 409 g/mol. The Kier molecular flexibility index (Phi) is 8.18. The zero-order chi connectivity index (χ0) is 20.5. The van der Waals surface area contributed by atoms with Gasteiger partial charge in [0.15, 0.2) is 22.9 Å². The maximum Gasteiger partial charge on any atom is 0.257 e. The van der Waals surface area contributed by atoms with Crippen LogP contribution in [0, 0.1) is 0 Å². The summed E-state index contributed by atoms with van der Waals surface area (Å²) in [6.45, 7) is 0.235. The van der Waals surface area contributed by atoms with Gasteiger partial charge in [-0.2, -0.15) is 0 Å². The van der Waals surface area contributed by atoms with E-state index in [-0.39, 0.29) is 24.8 Å². The fourth-order valence-electron chi connectivity index (χ4n) is 2.28. The first-order valence-corrected chi connectivity index (χ1v) is 9.18. The molecule has 9 nitrogen and oxygen atoms in total. The topological polar surface area (TPSA) is 108 Å². The number of rotatable bonds is 10. The summed E-state index contributed by atoms with van der Waals surface area (Å²) in [5, 5.41) is 7.52. The molecular formula is C18H23N3O6S. The van der Waals surface area contributed by atoms with E-state index in [9.17, 15) is 9.59 Å². The van der Waals surface area contributed by atoms with Crippen molar-refractivity contribution < 1.29 is 28.5 Å². The normalized spacial score (nSPS) is 10.6. The molecule has 0 saturated carbocycles. The smallest absolute Gasteiger partial charge is 0.257 e. The van der Waals surface area contributed by atoms with Crippen LogP contribution in [0.1, 0.15) is 16.1 Å². The van der Waals surface area contributed by atoms with Crippen molar-refractivity contribution in [1.29, 1.82) is 0 Å². The second-order valence-corrected chi connectivity index (χ2v) is 6.41. The fourth-order valence-corrected chi connectivity index (χ4v) is 2.98. The fraction of sp³-hybridized carbons (Fsp3) is 0.389. The van der Waals surface area contributed by atoms with Crippen LogP contribution < -0.4 is 20.1 Å². The molecule has 2 rings (SSSR count). The molecule has 1 aromatic carbocycles. The maximum absolute atomic E-state index is 12.4. The number of hydrogen-bond acceptors (Lipinski definition) is 8. The Balaban J connectivity index is 1.93. The second kappa shape index (κ2) is 10.6. The van der Waals surface area contributed by atoms with E-state index >= 15 is 0 Å². The monoisotopic (exact) mass is 409 g/mol. The molecule has 152 valence electrons. The van der Waals surface area contributed by atoms with Crippen molar-refractivity contribution in [3.8, 4) is 11.5 Å². The molecule has 28 heavy (non-hydrogen) atoms. The Bertz CT molecular complexity index is 806. The van der Waals surface area contributed by atoms with Crippen LogP contribution in [0.5, 0.6) is 11.5 Å². The molecule has 1 heterocycles. The van der Waals surface area contributed by atoms with E-state index in [1.165, 1.54) is 39.8 Å². The number of hydrogen-bond donors (Lipinski definition) is 2. The number of amides is 2. The Labute approximate surface area is 167 Å². The van der Waals surface area contributed by atoms with Crippen LogP contribution in [0.3, 0.4) is 0 Å². The summed E-state index contributed by atoms with van der Waals surface area (Å²) in [4.78, 5) is 28.6. The van der Waals surface area contributed by atoms with Gasteiger partial charge in [0.2, 0.25) is 5.91 Å². The molecule has 2 N–H and O–H groups in total. The van der Waals surface area contributed by atoms with Crippen LogP contribution in [-0.2, 0) is 20.7 Å². The lowest BCUT2D eigenvalue weighted by Crippen LogP contribution is -2.35. The number of benzene rings is 1. The van der Waals surface area contributed by atoms with Gasteiger partial charge in [-0.1, -0.05) is 0 Å². The first kappa shape index (κ1) is 21.6. The summed E-state index contributed by atoms with van der Waals surface area (Å²) < 4.78 is 20.4. The van der Waals surface area contributed by atoms with Crippen LogP contribution in [0.2, 0.25) is 0 Å². The van der Waals surface area contributed by atoms with Crippen LogP contribution >= 0.6 is 11.3 Å². The molecule has 0 fully saturated rings. The first-order valence-electron chi connectivity index (χ1n) is 8.30. The average Bonchev–Trinajstić information content (AvgIpc) is 3.14. The van der Waals surface area contributed by atoms with E-state index in [2.05, 4.69) is 15.6 Å². The molecule has 2 aromatic rings. The third kappa shape index (κ3) is 5.91. The quantitative estimate of drug-likeness (QED) is 0.575. The molecule has 0 unspecified atom stereocenters. The third-order valence-electron chi connectivity index (χ3n) is 3.75.